The number of anilines is 1. The predicted molar refractivity (Wildman–Crippen MR) is 104 cm³/mol. The quantitative estimate of drug-likeness (QED) is 0.457. The zero-order chi connectivity index (χ0) is 16.3. The molecule has 2 rings (SSSR count). The molecule has 1 atom stereocenters. The van der Waals surface area contributed by atoms with Crippen molar-refractivity contribution in [3.05, 3.63) is 30.3 Å². The number of thioether (sulfide) groups is 1. The first-order valence-electron chi connectivity index (χ1n) is 8.67. The summed E-state index contributed by atoms with van der Waals surface area (Å²) in [6.45, 7) is 6.11. The molecule has 5 heteroatoms. The van der Waals surface area contributed by atoms with Crippen LogP contribution < -0.4 is 15.5 Å². The standard InChI is InChI=1S/C18H30N4S/c1-3-19-18(20-12-8-14-23-2)21-16-9-7-13-22(15-16)17-10-5-4-6-11-17/h4-6,10-11,16H,3,7-9,12-15H2,1-2H3,(H2,19,20,21). The van der Waals surface area contributed by atoms with Gasteiger partial charge in [-0.1, -0.05) is 18.2 Å². The molecule has 23 heavy (non-hydrogen) atoms. The molecule has 0 amide bonds. The minimum atomic E-state index is 0.460. The van der Waals surface area contributed by atoms with Gasteiger partial charge in [0.1, 0.15) is 0 Å². The van der Waals surface area contributed by atoms with Crippen LogP contribution in [0, 0.1) is 0 Å². The third-order valence-corrected chi connectivity index (χ3v) is 4.70. The number of rotatable bonds is 7. The highest BCUT2D eigenvalue weighted by Gasteiger charge is 2.20. The molecule has 0 aromatic heterocycles. The largest absolute Gasteiger partial charge is 0.369 e. The lowest BCUT2D eigenvalue weighted by atomic mass is 10.1. The summed E-state index contributed by atoms with van der Waals surface area (Å²) in [5, 5.41) is 7.00. The fourth-order valence-corrected chi connectivity index (χ4v) is 3.30. The lowest BCUT2D eigenvalue weighted by Gasteiger charge is -2.35. The first kappa shape index (κ1) is 18.0. The fourth-order valence-electron chi connectivity index (χ4n) is 2.88. The molecule has 0 bridgehead atoms. The van der Waals surface area contributed by atoms with Crippen molar-refractivity contribution in [1.29, 1.82) is 0 Å². The summed E-state index contributed by atoms with van der Waals surface area (Å²) in [6, 6.07) is 11.2. The fraction of sp³-hybridized carbons (Fsp3) is 0.611. The highest BCUT2D eigenvalue weighted by atomic mass is 32.2. The maximum atomic E-state index is 4.71. The van der Waals surface area contributed by atoms with Gasteiger partial charge < -0.3 is 15.5 Å². The Kier molecular flexibility index (Phi) is 8.15. The van der Waals surface area contributed by atoms with Crippen molar-refractivity contribution in [2.75, 3.05) is 43.1 Å². The second kappa shape index (κ2) is 10.4. The van der Waals surface area contributed by atoms with E-state index in [1.54, 1.807) is 0 Å². The van der Waals surface area contributed by atoms with E-state index in [2.05, 4.69) is 59.0 Å². The van der Waals surface area contributed by atoms with Crippen LogP contribution in [0.25, 0.3) is 0 Å². The SMILES string of the molecule is CCNC(=NCCCSC)NC1CCCN(c2ccccc2)C1. The van der Waals surface area contributed by atoms with Gasteiger partial charge in [0.15, 0.2) is 5.96 Å². The van der Waals surface area contributed by atoms with Crippen LogP contribution in [0.15, 0.2) is 35.3 Å². The number of aliphatic imine (C=N–C) groups is 1. The predicted octanol–water partition coefficient (Wildman–Crippen LogP) is 2.96. The third-order valence-electron chi connectivity index (χ3n) is 4.00. The Bertz CT molecular complexity index is 463. The molecule has 1 aromatic rings. The molecule has 0 aliphatic carbocycles. The van der Waals surface area contributed by atoms with Gasteiger partial charge in [-0.25, -0.2) is 0 Å². The first-order chi connectivity index (χ1) is 11.3. The van der Waals surface area contributed by atoms with Crippen LogP contribution in [-0.4, -0.2) is 50.2 Å². The van der Waals surface area contributed by atoms with Gasteiger partial charge in [-0.05, 0) is 50.3 Å². The summed E-state index contributed by atoms with van der Waals surface area (Å²) in [4.78, 5) is 7.18. The molecule has 0 spiro atoms. The van der Waals surface area contributed by atoms with E-state index in [4.69, 9.17) is 4.99 Å². The molecular formula is C18H30N4S. The van der Waals surface area contributed by atoms with Gasteiger partial charge >= 0.3 is 0 Å². The Morgan fingerprint density at radius 3 is 2.91 bits per heavy atom. The molecular weight excluding hydrogens is 304 g/mol. The summed E-state index contributed by atoms with van der Waals surface area (Å²) in [6.07, 6.45) is 5.71. The summed E-state index contributed by atoms with van der Waals surface area (Å²) in [7, 11) is 0. The van der Waals surface area contributed by atoms with E-state index in [-0.39, 0.29) is 0 Å². The smallest absolute Gasteiger partial charge is 0.191 e. The number of nitrogens with one attached hydrogen (secondary N) is 2. The molecule has 1 aromatic carbocycles. The van der Waals surface area contributed by atoms with Crippen molar-refractivity contribution in [2.45, 2.75) is 32.2 Å². The number of nitrogens with zero attached hydrogens (tertiary/aromatic N) is 2. The number of hydrogen-bond donors (Lipinski definition) is 2. The Labute approximate surface area is 145 Å². The lowest BCUT2D eigenvalue weighted by Crippen LogP contribution is -2.51. The lowest BCUT2D eigenvalue weighted by molar-refractivity contribution is 0.468. The Morgan fingerprint density at radius 2 is 2.17 bits per heavy atom. The van der Waals surface area contributed by atoms with Crippen LogP contribution in [0.3, 0.4) is 0 Å². The van der Waals surface area contributed by atoms with E-state index >= 15 is 0 Å². The van der Waals surface area contributed by atoms with Gasteiger partial charge in [-0.3, -0.25) is 4.99 Å². The summed E-state index contributed by atoms with van der Waals surface area (Å²) in [5.41, 5.74) is 1.32. The van der Waals surface area contributed by atoms with Crippen LogP contribution in [0.4, 0.5) is 5.69 Å². The summed E-state index contributed by atoms with van der Waals surface area (Å²) in [5.74, 6) is 2.14. The Balaban J connectivity index is 1.88. The maximum absolute atomic E-state index is 4.71. The maximum Gasteiger partial charge on any atom is 0.191 e. The Hall–Kier alpha value is -1.36. The van der Waals surface area contributed by atoms with E-state index in [0.29, 0.717) is 6.04 Å². The normalized spacial score (nSPS) is 18.8. The van der Waals surface area contributed by atoms with E-state index in [0.717, 1.165) is 38.6 Å². The van der Waals surface area contributed by atoms with Crippen LogP contribution in [0.5, 0.6) is 0 Å². The monoisotopic (exact) mass is 334 g/mol. The first-order valence-corrected chi connectivity index (χ1v) is 10.1. The molecule has 1 fully saturated rings. The van der Waals surface area contributed by atoms with E-state index in [1.165, 1.54) is 24.3 Å². The highest BCUT2D eigenvalue weighted by Crippen LogP contribution is 2.19. The number of benzene rings is 1. The minimum Gasteiger partial charge on any atom is -0.369 e. The second-order valence-corrected chi connectivity index (χ2v) is 6.86. The van der Waals surface area contributed by atoms with Crippen LogP contribution in [0.1, 0.15) is 26.2 Å². The van der Waals surface area contributed by atoms with Crippen LogP contribution >= 0.6 is 11.8 Å². The number of para-hydroxylation sites is 1. The van der Waals surface area contributed by atoms with Crippen molar-refractivity contribution in [2.24, 2.45) is 4.99 Å². The molecule has 4 nitrogen and oxygen atoms in total. The van der Waals surface area contributed by atoms with E-state index < -0.39 is 0 Å². The van der Waals surface area contributed by atoms with Crippen molar-refractivity contribution in [1.82, 2.24) is 10.6 Å². The third kappa shape index (κ3) is 6.34. The second-order valence-electron chi connectivity index (χ2n) is 5.87. The molecule has 1 heterocycles. The van der Waals surface area contributed by atoms with E-state index in [1.807, 2.05) is 11.8 Å². The number of hydrogen-bond acceptors (Lipinski definition) is 3. The van der Waals surface area contributed by atoms with Crippen LogP contribution in [0.2, 0.25) is 0 Å². The van der Waals surface area contributed by atoms with Crippen molar-refractivity contribution < 1.29 is 0 Å². The zero-order valence-electron chi connectivity index (χ0n) is 14.4. The summed E-state index contributed by atoms with van der Waals surface area (Å²) < 4.78 is 0. The van der Waals surface area contributed by atoms with E-state index in [9.17, 15) is 0 Å². The molecule has 1 saturated heterocycles. The molecule has 1 aliphatic rings. The molecule has 128 valence electrons. The zero-order valence-corrected chi connectivity index (χ0v) is 15.2. The van der Waals surface area contributed by atoms with Gasteiger partial charge in [0.25, 0.3) is 0 Å². The van der Waals surface area contributed by atoms with Crippen molar-refractivity contribution in [3.63, 3.8) is 0 Å². The molecule has 1 aliphatic heterocycles. The Morgan fingerprint density at radius 1 is 1.35 bits per heavy atom. The topological polar surface area (TPSA) is 39.7 Å². The number of guanidine groups is 1. The van der Waals surface area contributed by atoms with Gasteiger partial charge in [-0.15, -0.1) is 0 Å². The molecule has 0 radical (unpaired) electrons. The van der Waals surface area contributed by atoms with Crippen LogP contribution in [-0.2, 0) is 0 Å². The van der Waals surface area contributed by atoms with Gasteiger partial charge in [0, 0.05) is 37.9 Å². The molecule has 2 N–H and O–H groups in total. The van der Waals surface area contributed by atoms with Gasteiger partial charge in [0.2, 0.25) is 0 Å². The summed E-state index contributed by atoms with van der Waals surface area (Å²) >= 11 is 1.88. The average molecular weight is 335 g/mol. The molecule has 1 unspecified atom stereocenters. The number of piperidine rings is 1. The highest BCUT2D eigenvalue weighted by molar-refractivity contribution is 7.98. The van der Waals surface area contributed by atoms with Gasteiger partial charge in [0.05, 0.1) is 0 Å². The van der Waals surface area contributed by atoms with Gasteiger partial charge in [-0.2, -0.15) is 11.8 Å². The molecule has 0 saturated carbocycles. The average Bonchev–Trinajstić information content (AvgIpc) is 2.60. The minimum absolute atomic E-state index is 0.460. The van der Waals surface area contributed by atoms with Crippen molar-refractivity contribution >= 4 is 23.4 Å². The van der Waals surface area contributed by atoms with Crippen molar-refractivity contribution in [3.8, 4) is 0 Å².